The van der Waals surface area contributed by atoms with E-state index in [9.17, 15) is 0 Å². The second-order valence-electron chi connectivity index (χ2n) is 5.56. The molecule has 2 aromatic heterocycles. The van der Waals surface area contributed by atoms with Crippen molar-refractivity contribution in [3.63, 3.8) is 0 Å². The summed E-state index contributed by atoms with van der Waals surface area (Å²) in [5.74, 6) is 1.11. The second-order valence-corrected chi connectivity index (χ2v) is 5.56. The largest absolute Gasteiger partial charge is 0.357 e. The molecule has 3 rings (SSSR count). The highest BCUT2D eigenvalue weighted by Gasteiger charge is 2.19. The Labute approximate surface area is 126 Å². The summed E-state index contributed by atoms with van der Waals surface area (Å²) < 4.78 is 2.13. The molecule has 112 valence electrons. The van der Waals surface area contributed by atoms with Crippen molar-refractivity contribution in [2.75, 3.05) is 24.5 Å². The normalized spacial score (nSPS) is 16.3. The van der Waals surface area contributed by atoms with Crippen molar-refractivity contribution < 1.29 is 0 Å². The first-order chi connectivity index (χ1) is 10.4. The van der Waals surface area contributed by atoms with Crippen LogP contribution in [0.25, 0.3) is 0 Å². The minimum atomic E-state index is 0.646. The molecule has 1 fully saturated rings. The van der Waals surface area contributed by atoms with E-state index >= 15 is 0 Å². The molecule has 0 aromatic carbocycles. The third-order valence-corrected chi connectivity index (χ3v) is 4.05. The predicted octanol–water partition coefficient (Wildman–Crippen LogP) is 1.93. The fourth-order valence-electron chi connectivity index (χ4n) is 2.84. The van der Waals surface area contributed by atoms with Gasteiger partial charge in [0.25, 0.3) is 0 Å². The lowest BCUT2D eigenvalue weighted by Crippen LogP contribution is -2.43. The average molecular weight is 285 g/mol. The van der Waals surface area contributed by atoms with Gasteiger partial charge in [0, 0.05) is 44.3 Å². The molecule has 0 radical (unpaired) electrons. The fourth-order valence-corrected chi connectivity index (χ4v) is 2.84. The third-order valence-electron chi connectivity index (χ3n) is 4.05. The monoisotopic (exact) mass is 285 g/mol. The van der Waals surface area contributed by atoms with Crippen LogP contribution in [0.1, 0.15) is 19.3 Å². The summed E-state index contributed by atoms with van der Waals surface area (Å²) in [5, 5.41) is 3.68. The maximum atomic E-state index is 4.43. The Morgan fingerprint density at radius 3 is 2.81 bits per heavy atom. The average Bonchev–Trinajstić information content (AvgIpc) is 3.06. The fraction of sp³-hybridized carbons (Fsp3) is 0.500. The van der Waals surface area contributed by atoms with E-state index < -0.39 is 0 Å². The van der Waals surface area contributed by atoms with Crippen LogP contribution in [0.5, 0.6) is 0 Å². The molecule has 21 heavy (non-hydrogen) atoms. The van der Waals surface area contributed by atoms with Crippen LogP contribution in [0, 0.1) is 0 Å². The van der Waals surface area contributed by atoms with Crippen LogP contribution in [0.4, 0.5) is 5.82 Å². The summed E-state index contributed by atoms with van der Waals surface area (Å²) in [6.07, 6.45) is 11.1. The minimum Gasteiger partial charge on any atom is -0.357 e. The first kappa shape index (κ1) is 14.1. The summed E-state index contributed by atoms with van der Waals surface area (Å²) in [5.41, 5.74) is 0. The standard InChI is InChI=1S/C16H23N5/c1-2-7-19-16(4-1)21-11-5-15(6-12-21)18-8-3-10-20-13-9-17-14-20/h1-2,4,7,9,13-15,18H,3,5-6,8,10-12H2. The molecular weight excluding hydrogens is 262 g/mol. The van der Waals surface area contributed by atoms with Crippen LogP contribution in [0.15, 0.2) is 43.1 Å². The molecule has 1 N–H and O–H groups in total. The maximum Gasteiger partial charge on any atom is 0.128 e. The molecule has 1 aliphatic rings. The van der Waals surface area contributed by atoms with Crippen LogP contribution in [0.2, 0.25) is 0 Å². The van der Waals surface area contributed by atoms with E-state index in [2.05, 4.69) is 36.9 Å². The summed E-state index contributed by atoms with van der Waals surface area (Å²) in [6, 6.07) is 6.77. The van der Waals surface area contributed by atoms with Gasteiger partial charge in [-0.3, -0.25) is 0 Å². The van der Waals surface area contributed by atoms with E-state index in [0.29, 0.717) is 6.04 Å². The van der Waals surface area contributed by atoms with Crippen LogP contribution >= 0.6 is 0 Å². The topological polar surface area (TPSA) is 46.0 Å². The highest BCUT2D eigenvalue weighted by Crippen LogP contribution is 2.17. The lowest BCUT2D eigenvalue weighted by Gasteiger charge is -2.33. The van der Waals surface area contributed by atoms with Crippen molar-refractivity contribution in [2.24, 2.45) is 0 Å². The zero-order valence-corrected chi connectivity index (χ0v) is 12.4. The number of aryl methyl sites for hydroxylation is 1. The van der Waals surface area contributed by atoms with Gasteiger partial charge in [-0.1, -0.05) is 6.07 Å². The molecule has 0 bridgehead atoms. The Hall–Kier alpha value is -1.88. The number of nitrogens with zero attached hydrogens (tertiary/aromatic N) is 4. The first-order valence-electron chi connectivity index (χ1n) is 7.77. The molecular formula is C16H23N5. The molecule has 1 saturated heterocycles. The summed E-state index contributed by atoms with van der Waals surface area (Å²) in [7, 11) is 0. The van der Waals surface area contributed by atoms with E-state index in [4.69, 9.17) is 0 Å². The number of hydrogen-bond donors (Lipinski definition) is 1. The Kier molecular flexibility index (Phi) is 4.84. The quantitative estimate of drug-likeness (QED) is 0.824. The number of pyridine rings is 1. The van der Waals surface area contributed by atoms with Gasteiger partial charge in [0.1, 0.15) is 5.82 Å². The van der Waals surface area contributed by atoms with Crippen molar-refractivity contribution in [1.82, 2.24) is 19.9 Å². The van der Waals surface area contributed by atoms with Gasteiger partial charge in [-0.2, -0.15) is 0 Å². The summed E-state index contributed by atoms with van der Waals surface area (Å²) in [6.45, 7) is 4.30. The van der Waals surface area contributed by atoms with Gasteiger partial charge in [-0.15, -0.1) is 0 Å². The van der Waals surface area contributed by atoms with Crippen LogP contribution < -0.4 is 10.2 Å². The van der Waals surface area contributed by atoms with Crippen molar-refractivity contribution in [2.45, 2.75) is 31.8 Å². The Bertz CT molecular complexity index is 503. The zero-order valence-electron chi connectivity index (χ0n) is 12.4. The lowest BCUT2D eigenvalue weighted by atomic mass is 10.0. The molecule has 0 saturated carbocycles. The first-order valence-corrected chi connectivity index (χ1v) is 7.77. The van der Waals surface area contributed by atoms with Crippen LogP contribution in [-0.4, -0.2) is 40.2 Å². The van der Waals surface area contributed by atoms with Gasteiger partial charge < -0.3 is 14.8 Å². The highest BCUT2D eigenvalue weighted by molar-refractivity contribution is 5.38. The van der Waals surface area contributed by atoms with Gasteiger partial charge in [-0.25, -0.2) is 9.97 Å². The SMILES string of the molecule is c1ccc(N2CCC(NCCCn3ccnc3)CC2)nc1. The number of hydrogen-bond acceptors (Lipinski definition) is 4. The third kappa shape index (κ3) is 4.04. The van der Waals surface area contributed by atoms with E-state index in [1.54, 1.807) is 0 Å². The molecule has 3 heterocycles. The molecule has 2 aromatic rings. The molecule has 5 heteroatoms. The maximum absolute atomic E-state index is 4.43. The Morgan fingerprint density at radius 2 is 2.10 bits per heavy atom. The van der Waals surface area contributed by atoms with Crippen LogP contribution in [-0.2, 0) is 6.54 Å². The second kappa shape index (κ2) is 7.22. The number of imidazole rings is 1. The molecule has 0 aliphatic carbocycles. The number of rotatable bonds is 6. The van der Waals surface area contributed by atoms with Gasteiger partial charge in [-0.05, 0) is 37.9 Å². The van der Waals surface area contributed by atoms with E-state index in [-0.39, 0.29) is 0 Å². The van der Waals surface area contributed by atoms with Gasteiger partial charge in [0.05, 0.1) is 6.33 Å². The van der Waals surface area contributed by atoms with Crippen molar-refractivity contribution in [1.29, 1.82) is 0 Å². The van der Waals surface area contributed by atoms with Crippen LogP contribution in [0.3, 0.4) is 0 Å². The van der Waals surface area contributed by atoms with E-state index in [1.165, 1.54) is 12.8 Å². The molecule has 0 unspecified atom stereocenters. The lowest BCUT2D eigenvalue weighted by molar-refractivity contribution is 0.406. The van der Waals surface area contributed by atoms with Gasteiger partial charge in [0.15, 0.2) is 0 Å². The van der Waals surface area contributed by atoms with Crippen molar-refractivity contribution in [3.05, 3.63) is 43.1 Å². The minimum absolute atomic E-state index is 0.646. The molecule has 5 nitrogen and oxygen atoms in total. The van der Waals surface area contributed by atoms with Gasteiger partial charge >= 0.3 is 0 Å². The zero-order chi connectivity index (χ0) is 14.3. The number of piperidine rings is 1. The van der Waals surface area contributed by atoms with Crippen molar-refractivity contribution in [3.8, 4) is 0 Å². The van der Waals surface area contributed by atoms with E-state index in [0.717, 1.165) is 38.4 Å². The van der Waals surface area contributed by atoms with Crippen molar-refractivity contribution >= 4 is 5.82 Å². The molecule has 0 atom stereocenters. The number of anilines is 1. The van der Waals surface area contributed by atoms with E-state index in [1.807, 2.05) is 31.0 Å². The Balaban J connectivity index is 1.34. The Morgan fingerprint density at radius 1 is 1.19 bits per heavy atom. The molecule has 0 spiro atoms. The summed E-state index contributed by atoms with van der Waals surface area (Å²) in [4.78, 5) is 10.9. The smallest absolute Gasteiger partial charge is 0.128 e. The highest BCUT2D eigenvalue weighted by atomic mass is 15.2. The summed E-state index contributed by atoms with van der Waals surface area (Å²) >= 11 is 0. The molecule has 1 aliphatic heterocycles. The predicted molar refractivity (Wildman–Crippen MR) is 84.3 cm³/mol. The van der Waals surface area contributed by atoms with Gasteiger partial charge in [0.2, 0.25) is 0 Å². The molecule has 0 amide bonds. The number of nitrogens with one attached hydrogen (secondary N) is 1. The number of aromatic nitrogens is 3.